The van der Waals surface area contributed by atoms with E-state index in [0.717, 1.165) is 21.3 Å². The lowest BCUT2D eigenvalue weighted by Gasteiger charge is -2.20. The molecule has 2 aromatic carbocycles. The fourth-order valence-electron chi connectivity index (χ4n) is 2.93. The molecule has 0 aliphatic carbocycles. The van der Waals surface area contributed by atoms with E-state index in [1.54, 1.807) is 23.1 Å². The summed E-state index contributed by atoms with van der Waals surface area (Å²) in [6, 6.07) is 10.3. The van der Waals surface area contributed by atoms with Gasteiger partial charge in [0.25, 0.3) is 11.6 Å². The average Bonchev–Trinajstić information content (AvgIpc) is 3.14. The Morgan fingerprint density at radius 1 is 1.20 bits per heavy atom. The van der Waals surface area contributed by atoms with Crippen molar-refractivity contribution in [2.75, 3.05) is 32.1 Å². The van der Waals surface area contributed by atoms with Crippen LogP contribution in [-0.4, -0.2) is 47.9 Å². The minimum atomic E-state index is -0.450. The highest BCUT2D eigenvalue weighted by Crippen LogP contribution is 2.32. The van der Waals surface area contributed by atoms with E-state index in [2.05, 4.69) is 6.07 Å². The van der Waals surface area contributed by atoms with Gasteiger partial charge in [0, 0.05) is 31.3 Å². The molecule has 1 heterocycles. The Kier molecular flexibility index (Phi) is 6.59. The number of likely N-dealkylation sites (N-methyl/N-ethyl adjacent to an activating group) is 1. The van der Waals surface area contributed by atoms with Crippen molar-refractivity contribution in [3.63, 3.8) is 0 Å². The quantitative estimate of drug-likeness (QED) is 0.318. The van der Waals surface area contributed by atoms with Crippen LogP contribution >= 0.6 is 11.3 Å². The molecule has 0 saturated carbocycles. The molecule has 1 amide bonds. The molecule has 156 valence electrons. The number of aryl methyl sites for hydroxylation is 2. The van der Waals surface area contributed by atoms with Gasteiger partial charge in [-0.1, -0.05) is 29.5 Å². The molecule has 8 heteroatoms. The van der Waals surface area contributed by atoms with E-state index in [-0.39, 0.29) is 11.6 Å². The molecule has 30 heavy (non-hydrogen) atoms. The smallest absolute Gasteiger partial charge is 0.270 e. The predicted molar refractivity (Wildman–Crippen MR) is 122 cm³/mol. The summed E-state index contributed by atoms with van der Waals surface area (Å²) in [7, 11) is 3.90. The lowest BCUT2D eigenvalue weighted by molar-refractivity contribution is -0.384. The first-order valence-electron chi connectivity index (χ1n) is 9.52. The zero-order valence-corrected chi connectivity index (χ0v) is 18.3. The monoisotopic (exact) mass is 424 g/mol. The Bertz CT molecular complexity index is 1120. The third kappa shape index (κ3) is 4.90. The van der Waals surface area contributed by atoms with Gasteiger partial charge in [-0.15, -0.1) is 0 Å². The number of non-ortho nitro benzene ring substituents is 1. The molecule has 0 atom stereocenters. The number of amides is 1. The number of nitrogens with zero attached hydrogens (tertiary/aromatic N) is 4. The SMILES string of the molecule is Cc1ccc2sc(N(CCN(C)C)C(=O)/C=C/c3cccc([N+](=O)[O-])c3)nc2c1C. The van der Waals surface area contributed by atoms with Crippen molar-refractivity contribution in [3.05, 3.63) is 69.3 Å². The van der Waals surface area contributed by atoms with E-state index in [1.807, 2.05) is 38.9 Å². The molecule has 0 aliphatic heterocycles. The zero-order valence-electron chi connectivity index (χ0n) is 17.5. The molecule has 0 bridgehead atoms. The summed E-state index contributed by atoms with van der Waals surface area (Å²) in [6.07, 6.45) is 3.04. The Morgan fingerprint density at radius 2 is 1.97 bits per heavy atom. The number of nitro benzene ring substituents is 1. The van der Waals surface area contributed by atoms with Crippen LogP contribution in [-0.2, 0) is 4.79 Å². The van der Waals surface area contributed by atoms with E-state index in [9.17, 15) is 14.9 Å². The molecule has 0 N–H and O–H groups in total. The summed E-state index contributed by atoms with van der Waals surface area (Å²) in [5, 5.41) is 11.6. The third-order valence-electron chi connectivity index (χ3n) is 4.84. The van der Waals surface area contributed by atoms with Crippen LogP contribution in [0.3, 0.4) is 0 Å². The van der Waals surface area contributed by atoms with Crippen LogP contribution in [0.5, 0.6) is 0 Å². The van der Waals surface area contributed by atoms with Crippen LogP contribution in [0.15, 0.2) is 42.5 Å². The number of rotatable bonds is 7. The number of hydrogen-bond donors (Lipinski definition) is 0. The predicted octanol–water partition coefficient (Wildman–Crippen LogP) is 4.43. The zero-order chi connectivity index (χ0) is 21.8. The second kappa shape index (κ2) is 9.15. The van der Waals surface area contributed by atoms with E-state index >= 15 is 0 Å². The fraction of sp³-hybridized carbons (Fsp3) is 0.273. The largest absolute Gasteiger partial charge is 0.308 e. The Labute approximate surface area is 179 Å². The van der Waals surface area contributed by atoms with Crippen molar-refractivity contribution in [2.24, 2.45) is 0 Å². The maximum absolute atomic E-state index is 13.0. The number of hydrogen-bond acceptors (Lipinski definition) is 6. The van der Waals surface area contributed by atoms with E-state index in [0.29, 0.717) is 23.8 Å². The number of thiazole rings is 1. The van der Waals surface area contributed by atoms with Crippen LogP contribution in [0.1, 0.15) is 16.7 Å². The maximum Gasteiger partial charge on any atom is 0.270 e. The summed E-state index contributed by atoms with van der Waals surface area (Å²) >= 11 is 1.49. The van der Waals surface area contributed by atoms with Crippen LogP contribution in [0.2, 0.25) is 0 Å². The van der Waals surface area contributed by atoms with Crippen molar-refractivity contribution in [1.29, 1.82) is 0 Å². The molecular weight excluding hydrogens is 400 g/mol. The van der Waals surface area contributed by atoms with Crippen LogP contribution in [0.4, 0.5) is 10.8 Å². The van der Waals surface area contributed by atoms with Crippen molar-refractivity contribution in [3.8, 4) is 0 Å². The molecule has 0 aliphatic rings. The number of carbonyl (C=O) groups excluding carboxylic acids is 1. The highest BCUT2D eigenvalue weighted by atomic mass is 32.1. The summed E-state index contributed by atoms with van der Waals surface area (Å²) in [4.78, 5) is 32.0. The number of anilines is 1. The van der Waals surface area contributed by atoms with E-state index in [1.165, 1.54) is 29.5 Å². The second-order valence-corrected chi connectivity index (χ2v) is 8.34. The van der Waals surface area contributed by atoms with Gasteiger partial charge in [0.1, 0.15) is 0 Å². The summed E-state index contributed by atoms with van der Waals surface area (Å²) in [5.41, 5.74) is 3.78. The summed E-state index contributed by atoms with van der Waals surface area (Å²) in [5.74, 6) is -0.211. The van der Waals surface area contributed by atoms with Crippen molar-refractivity contribution in [1.82, 2.24) is 9.88 Å². The van der Waals surface area contributed by atoms with Gasteiger partial charge >= 0.3 is 0 Å². The number of benzene rings is 2. The highest BCUT2D eigenvalue weighted by molar-refractivity contribution is 7.22. The minimum absolute atomic E-state index is 0.00826. The molecule has 0 spiro atoms. The standard InChI is InChI=1S/C22H24N4O3S/c1-15-8-10-19-21(16(15)2)23-22(30-19)25(13-12-24(3)4)20(27)11-9-17-6-5-7-18(14-17)26(28)29/h5-11,14H,12-13H2,1-4H3/b11-9+. The van der Waals surface area contributed by atoms with Crippen LogP contribution in [0.25, 0.3) is 16.3 Å². The Morgan fingerprint density at radius 3 is 2.67 bits per heavy atom. The van der Waals surface area contributed by atoms with Gasteiger partial charge < -0.3 is 4.90 Å². The fourth-order valence-corrected chi connectivity index (χ4v) is 3.99. The van der Waals surface area contributed by atoms with Gasteiger partial charge in [0.05, 0.1) is 15.1 Å². The minimum Gasteiger partial charge on any atom is -0.308 e. The second-order valence-electron chi connectivity index (χ2n) is 7.33. The molecule has 7 nitrogen and oxygen atoms in total. The maximum atomic E-state index is 13.0. The topological polar surface area (TPSA) is 79.6 Å². The Hall–Kier alpha value is -3.10. The van der Waals surface area contributed by atoms with Gasteiger partial charge in [0.2, 0.25) is 0 Å². The first kappa shape index (κ1) is 21.6. The lowest BCUT2D eigenvalue weighted by Crippen LogP contribution is -2.35. The number of nitro groups is 1. The van der Waals surface area contributed by atoms with Crippen molar-refractivity contribution < 1.29 is 9.72 Å². The normalized spacial score (nSPS) is 11.5. The van der Waals surface area contributed by atoms with Gasteiger partial charge in [0.15, 0.2) is 5.13 Å². The van der Waals surface area contributed by atoms with E-state index in [4.69, 9.17) is 4.98 Å². The first-order valence-corrected chi connectivity index (χ1v) is 10.3. The molecule has 0 saturated heterocycles. The molecular formula is C22H24N4O3S. The number of fused-ring (bicyclic) bond motifs is 1. The first-order chi connectivity index (χ1) is 14.3. The van der Waals surface area contributed by atoms with Gasteiger partial charge in [-0.05, 0) is 56.8 Å². The molecule has 3 rings (SSSR count). The third-order valence-corrected chi connectivity index (χ3v) is 5.88. The number of aromatic nitrogens is 1. The van der Waals surface area contributed by atoms with Crippen LogP contribution in [0, 0.1) is 24.0 Å². The molecule has 3 aromatic rings. The molecule has 1 aromatic heterocycles. The van der Waals surface area contributed by atoms with Gasteiger partial charge in [-0.25, -0.2) is 4.98 Å². The molecule has 0 fully saturated rings. The summed E-state index contributed by atoms with van der Waals surface area (Å²) < 4.78 is 1.04. The van der Waals surface area contributed by atoms with E-state index < -0.39 is 4.92 Å². The van der Waals surface area contributed by atoms with Crippen molar-refractivity contribution >= 4 is 44.4 Å². The molecule has 0 unspecified atom stereocenters. The van der Waals surface area contributed by atoms with Gasteiger partial charge in [-0.2, -0.15) is 0 Å². The molecule has 0 radical (unpaired) electrons. The Balaban J connectivity index is 1.91. The lowest BCUT2D eigenvalue weighted by atomic mass is 10.1. The number of carbonyl (C=O) groups is 1. The average molecular weight is 425 g/mol. The highest BCUT2D eigenvalue weighted by Gasteiger charge is 2.19. The van der Waals surface area contributed by atoms with Crippen molar-refractivity contribution in [2.45, 2.75) is 13.8 Å². The van der Waals surface area contributed by atoms with Gasteiger partial charge in [-0.3, -0.25) is 19.8 Å². The van der Waals surface area contributed by atoms with Crippen LogP contribution < -0.4 is 4.90 Å². The summed E-state index contributed by atoms with van der Waals surface area (Å²) in [6.45, 7) is 5.26.